The number of rotatable bonds is 6. The topological polar surface area (TPSA) is 74.6 Å². The molecule has 0 amide bonds. The van der Waals surface area contributed by atoms with Crippen LogP contribution < -0.4 is 0 Å². The van der Waals surface area contributed by atoms with Crippen molar-refractivity contribution in [3.63, 3.8) is 0 Å². The molecule has 0 aliphatic rings. The van der Waals surface area contributed by atoms with E-state index in [1.807, 2.05) is 32.0 Å². The lowest BCUT2D eigenvalue weighted by molar-refractivity contribution is -0.142. The van der Waals surface area contributed by atoms with Gasteiger partial charge in [-0.25, -0.2) is 0 Å². The van der Waals surface area contributed by atoms with Crippen molar-refractivity contribution < 1.29 is 19.8 Å². The molecule has 0 radical (unpaired) electrons. The first-order valence-corrected chi connectivity index (χ1v) is 5.91. The van der Waals surface area contributed by atoms with Gasteiger partial charge in [-0.3, -0.25) is 9.59 Å². The van der Waals surface area contributed by atoms with Gasteiger partial charge in [0.2, 0.25) is 0 Å². The first-order valence-electron chi connectivity index (χ1n) is 5.91. The molecule has 0 saturated carbocycles. The van der Waals surface area contributed by atoms with E-state index < -0.39 is 17.9 Å². The molecule has 0 aliphatic carbocycles. The second-order valence-corrected chi connectivity index (χ2v) is 4.60. The van der Waals surface area contributed by atoms with Crippen LogP contribution in [0.25, 0.3) is 0 Å². The Morgan fingerprint density at radius 2 is 1.89 bits per heavy atom. The Balaban J connectivity index is 2.76. The molecule has 1 unspecified atom stereocenters. The standard InChI is InChI=1S/C14H18O4/c1-9-3-4-11(10(2)7-9)8-12(14(17)18)5-6-13(15)16/h3-4,7,12H,5-6,8H2,1-2H3,(H,15,16)(H,17,18). The van der Waals surface area contributed by atoms with Gasteiger partial charge in [0, 0.05) is 6.42 Å². The van der Waals surface area contributed by atoms with Gasteiger partial charge in [0.05, 0.1) is 5.92 Å². The van der Waals surface area contributed by atoms with Crippen molar-refractivity contribution in [1.29, 1.82) is 0 Å². The second kappa shape index (κ2) is 6.19. The van der Waals surface area contributed by atoms with Crippen molar-refractivity contribution in [3.05, 3.63) is 34.9 Å². The minimum atomic E-state index is -0.957. The Hall–Kier alpha value is -1.84. The SMILES string of the molecule is Cc1ccc(CC(CCC(=O)O)C(=O)O)c(C)c1. The molecule has 0 bridgehead atoms. The summed E-state index contributed by atoms with van der Waals surface area (Å²) in [6.45, 7) is 3.92. The van der Waals surface area contributed by atoms with Gasteiger partial charge in [0.25, 0.3) is 0 Å². The van der Waals surface area contributed by atoms with Crippen molar-refractivity contribution >= 4 is 11.9 Å². The molecule has 98 valence electrons. The lowest BCUT2D eigenvalue weighted by atomic mass is 9.92. The molecule has 1 atom stereocenters. The van der Waals surface area contributed by atoms with Crippen molar-refractivity contribution in [2.75, 3.05) is 0 Å². The molecule has 0 saturated heterocycles. The van der Waals surface area contributed by atoms with E-state index in [0.29, 0.717) is 6.42 Å². The zero-order chi connectivity index (χ0) is 13.7. The van der Waals surface area contributed by atoms with Gasteiger partial charge in [-0.05, 0) is 37.8 Å². The molecule has 4 heteroatoms. The molecule has 1 aromatic carbocycles. The number of carboxylic acids is 2. The van der Waals surface area contributed by atoms with Gasteiger partial charge in [-0.2, -0.15) is 0 Å². The van der Waals surface area contributed by atoms with Crippen LogP contribution in [0, 0.1) is 19.8 Å². The summed E-state index contributed by atoms with van der Waals surface area (Å²) in [7, 11) is 0. The van der Waals surface area contributed by atoms with Crippen LogP contribution in [0.5, 0.6) is 0 Å². The van der Waals surface area contributed by atoms with E-state index in [9.17, 15) is 9.59 Å². The minimum Gasteiger partial charge on any atom is -0.481 e. The normalized spacial score (nSPS) is 12.1. The summed E-state index contributed by atoms with van der Waals surface area (Å²) in [5.74, 6) is -2.53. The van der Waals surface area contributed by atoms with Crippen LogP contribution in [0.4, 0.5) is 0 Å². The molecule has 18 heavy (non-hydrogen) atoms. The quantitative estimate of drug-likeness (QED) is 0.813. The van der Waals surface area contributed by atoms with E-state index in [0.717, 1.165) is 16.7 Å². The third kappa shape index (κ3) is 4.20. The van der Waals surface area contributed by atoms with E-state index in [1.54, 1.807) is 0 Å². The largest absolute Gasteiger partial charge is 0.481 e. The average molecular weight is 250 g/mol. The van der Waals surface area contributed by atoms with Gasteiger partial charge in [0.15, 0.2) is 0 Å². The zero-order valence-corrected chi connectivity index (χ0v) is 10.6. The molecule has 0 aromatic heterocycles. The Morgan fingerprint density at radius 1 is 1.22 bits per heavy atom. The fourth-order valence-corrected chi connectivity index (χ4v) is 1.95. The van der Waals surface area contributed by atoms with Gasteiger partial charge in [-0.1, -0.05) is 23.8 Å². The number of aryl methyl sites for hydroxylation is 2. The van der Waals surface area contributed by atoms with Crippen molar-refractivity contribution in [3.8, 4) is 0 Å². The first-order chi connectivity index (χ1) is 8.40. The van der Waals surface area contributed by atoms with E-state index in [4.69, 9.17) is 10.2 Å². The number of benzene rings is 1. The number of aliphatic carboxylic acids is 2. The molecule has 1 rings (SSSR count). The highest BCUT2D eigenvalue weighted by atomic mass is 16.4. The molecular weight excluding hydrogens is 232 g/mol. The van der Waals surface area contributed by atoms with E-state index >= 15 is 0 Å². The average Bonchev–Trinajstić information content (AvgIpc) is 2.26. The molecule has 0 spiro atoms. The molecule has 4 nitrogen and oxygen atoms in total. The number of hydrogen-bond acceptors (Lipinski definition) is 2. The summed E-state index contributed by atoms with van der Waals surface area (Å²) in [5, 5.41) is 17.7. The maximum Gasteiger partial charge on any atom is 0.306 e. The zero-order valence-electron chi connectivity index (χ0n) is 10.6. The highest BCUT2D eigenvalue weighted by molar-refractivity contribution is 5.72. The van der Waals surface area contributed by atoms with Crippen LogP contribution in [-0.2, 0) is 16.0 Å². The molecule has 1 aromatic rings. The molecule has 0 fully saturated rings. The van der Waals surface area contributed by atoms with Crippen molar-refractivity contribution in [1.82, 2.24) is 0 Å². The number of carbonyl (C=O) groups is 2. The molecule has 0 aliphatic heterocycles. The van der Waals surface area contributed by atoms with Crippen molar-refractivity contribution in [2.24, 2.45) is 5.92 Å². The fraction of sp³-hybridized carbons (Fsp3) is 0.429. The van der Waals surface area contributed by atoms with Crippen LogP contribution in [-0.4, -0.2) is 22.2 Å². The Kier molecular flexibility index (Phi) is 4.89. The lowest BCUT2D eigenvalue weighted by Gasteiger charge is -2.13. The molecule has 2 N–H and O–H groups in total. The van der Waals surface area contributed by atoms with Crippen LogP contribution in [0.2, 0.25) is 0 Å². The smallest absolute Gasteiger partial charge is 0.306 e. The van der Waals surface area contributed by atoms with E-state index in [-0.39, 0.29) is 12.8 Å². The molecule has 0 heterocycles. The van der Waals surface area contributed by atoms with Gasteiger partial charge in [0.1, 0.15) is 0 Å². The summed E-state index contributed by atoms with van der Waals surface area (Å²) < 4.78 is 0. The highest BCUT2D eigenvalue weighted by Crippen LogP contribution is 2.18. The predicted molar refractivity (Wildman–Crippen MR) is 67.6 cm³/mol. The van der Waals surface area contributed by atoms with E-state index in [2.05, 4.69) is 0 Å². The highest BCUT2D eigenvalue weighted by Gasteiger charge is 2.19. The minimum absolute atomic E-state index is 0.109. The number of hydrogen-bond donors (Lipinski definition) is 2. The Bertz CT molecular complexity index is 451. The van der Waals surface area contributed by atoms with Crippen molar-refractivity contribution in [2.45, 2.75) is 33.1 Å². The van der Waals surface area contributed by atoms with Crippen LogP contribution in [0.1, 0.15) is 29.5 Å². The maximum absolute atomic E-state index is 11.1. The summed E-state index contributed by atoms with van der Waals surface area (Å²) in [6.07, 6.45) is 0.439. The third-order valence-electron chi connectivity index (χ3n) is 3.02. The first kappa shape index (κ1) is 14.2. The summed E-state index contributed by atoms with van der Waals surface area (Å²) in [6, 6.07) is 5.87. The fourth-order valence-electron chi connectivity index (χ4n) is 1.95. The van der Waals surface area contributed by atoms with Gasteiger partial charge in [-0.15, -0.1) is 0 Å². The summed E-state index contributed by atoms with van der Waals surface area (Å²) >= 11 is 0. The van der Waals surface area contributed by atoms with Gasteiger partial charge < -0.3 is 10.2 Å². The maximum atomic E-state index is 11.1. The Morgan fingerprint density at radius 3 is 2.39 bits per heavy atom. The summed E-state index contributed by atoms with van der Waals surface area (Å²) in [4.78, 5) is 21.6. The van der Waals surface area contributed by atoms with Gasteiger partial charge >= 0.3 is 11.9 Å². The molecular formula is C14H18O4. The van der Waals surface area contributed by atoms with Crippen LogP contribution in [0.3, 0.4) is 0 Å². The predicted octanol–water partition coefficient (Wildman–Crippen LogP) is 2.41. The van der Waals surface area contributed by atoms with Crippen LogP contribution >= 0.6 is 0 Å². The van der Waals surface area contributed by atoms with E-state index in [1.165, 1.54) is 0 Å². The Labute approximate surface area is 106 Å². The number of carboxylic acid groups (broad SMARTS) is 2. The van der Waals surface area contributed by atoms with Crippen LogP contribution in [0.15, 0.2) is 18.2 Å². The lowest BCUT2D eigenvalue weighted by Crippen LogP contribution is -2.18. The summed E-state index contributed by atoms with van der Waals surface area (Å²) in [5.41, 5.74) is 3.16. The second-order valence-electron chi connectivity index (χ2n) is 4.60. The third-order valence-corrected chi connectivity index (χ3v) is 3.02. The monoisotopic (exact) mass is 250 g/mol.